The summed E-state index contributed by atoms with van der Waals surface area (Å²) in [5.41, 5.74) is 1.52. The molecule has 1 aliphatic carbocycles. The maximum atomic E-state index is 13.0. The Morgan fingerprint density at radius 3 is 2.35 bits per heavy atom. The van der Waals surface area contributed by atoms with E-state index in [1.165, 1.54) is 0 Å². The van der Waals surface area contributed by atoms with Crippen molar-refractivity contribution in [3.8, 4) is 11.5 Å². The number of rotatable bonds is 7. The number of methoxy groups -OCH3 is 2. The van der Waals surface area contributed by atoms with Gasteiger partial charge in [0.1, 0.15) is 11.5 Å². The van der Waals surface area contributed by atoms with Crippen LogP contribution in [0, 0.1) is 0 Å². The molecule has 0 saturated heterocycles. The van der Waals surface area contributed by atoms with E-state index in [1.54, 1.807) is 44.7 Å². The molecule has 138 valence electrons. The zero-order valence-electron chi connectivity index (χ0n) is 15.2. The van der Waals surface area contributed by atoms with E-state index in [2.05, 4.69) is 0 Å². The monoisotopic (exact) mass is 373 g/mol. The van der Waals surface area contributed by atoms with Gasteiger partial charge in [0.25, 0.3) is 5.91 Å². The summed E-state index contributed by atoms with van der Waals surface area (Å²) in [6, 6.07) is 12.9. The van der Waals surface area contributed by atoms with Gasteiger partial charge >= 0.3 is 0 Å². The minimum atomic E-state index is -1.05. The highest BCUT2D eigenvalue weighted by molar-refractivity contribution is 7.84. The molecule has 5 nitrogen and oxygen atoms in total. The van der Waals surface area contributed by atoms with Crippen LogP contribution in [0.1, 0.15) is 28.8 Å². The van der Waals surface area contributed by atoms with Gasteiger partial charge in [-0.25, -0.2) is 0 Å². The SMILES string of the molecule is COc1ccc(OC)c(CN(C(=O)c2ccc(S(C)=O)cc2)C2CC2)c1. The molecule has 1 aliphatic rings. The van der Waals surface area contributed by atoms with Crippen LogP contribution in [0.2, 0.25) is 0 Å². The normalized spacial score (nSPS) is 14.6. The number of hydrogen-bond acceptors (Lipinski definition) is 4. The Kier molecular flexibility index (Phi) is 5.61. The third-order valence-corrected chi connectivity index (χ3v) is 5.45. The Bertz CT molecular complexity index is 815. The summed E-state index contributed by atoms with van der Waals surface area (Å²) in [4.78, 5) is 15.6. The Hall–Kier alpha value is -2.34. The zero-order chi connectivity index (χ0) is 18.7. The number of benzene rings is 2. The van der Waals surface area contributed by atoms with Crippen LogP contribution in [0.4, 0.5) is 0 Å². The fourth-order valence-electron chi connectivity index (χ4n) is 2.90. The molecule has 1 amide bonds. The molecule has 0 aromatic heterocycles. The van der Waals surface area contributed by atoms with Gasteiger partial charge in [-0.3, -0.25) is 9.00 Å². The molecule has 0 N–H and O–H groups in total. The minimum Gasteiger partial charge on any atom is -0.497 e. The Balaban J connectivity index is 1.86. The van der Waals surface area contributed by atoms with Crippen molar-refractivity contribution in [2.45, 2.75) is 30.3 Å². The van der Waals surface area contributed by atoms with Gasteiger partial charge in [0.15, 0.2) is 0 Å². The second kappa shape index (κ2) is 7.91. The predicted octanol–water partition coefficient (Wildman–Crippen LogP) is 3.25. The van der Waals surface area contributed by atoms with Crippen molar-refractivity contribution in [1.29, 1.82) is 0 Å². The first-order valence-electron chi connectivity index (χ1n) is 8.49. The fourth-order valence-corrected chi connectivity index (χ4v) is 3.42. The maximum absolute atomic E-state index is 13.0. The van der Waals surface area contributed by atoms with Crippen molar-refractivity contribution in [2.75, 3.05) is 20.5 Å². The van der Waals surface area contributed by atoms with Crippen LogP contribution in [-0.4, -0.2) is 41.5 Å². The molecule has 1 atom stereocenters. The Labute approximate surface area is 156 Å². The van der Waals surface area contributed by atoms with Crippen LogP contribution in [0.15, 0.2) is 47.4 Å². The van der Waals surface area contributed by atoms with E-state index in [9.17, 15) is 9.00 Å². The van der Waals surface area contributed by atoms with Gasteiger partial charge in [0.2, 0.25) is 0 Å². The fraction of sp³-hybridized carbons (Fsp3) is 0.350. The molecule has 0 heterocycles. The summed E-state index contributed by atoms with van der Waals surface area (Å²) in [5.74, 6) is 1.45. The number of hydrogen-bond donors (Lipinski definition) is 0. The molecule has 2 aromatic rings. The summed E-state index contributed by atoms with van der Waals surface area (Å²) in [6.07, 6.45) is 3.65. The smallest absolute Gasteiger partial charge is 0.254 e. The lowest BCUT2D eigenvalue weighted by Gasteiger charge is -2.24. The van der Waals surface area contributed by atoms with E-state index in [0.717, 1.165) is 29.9 Å². The van der Waals surface area contributed by atoms with E-state index < -0.39 is 10.8 Å². The summed E-state index contributed by atoms with van der Waals surface area (Å²) < 4.78 is 22.3. The van der Waals surface area contributed by atoms with Gasteiger partial charge in [-0.2, -0.15) is 0 Å². The first-order chi connectivity index (χ1) is 12.5. The third kappa shape index (κ3) is 4.07. The molecular formula is C20H23NO4S. The second-order valence-corrected chi connectivity index (χ2v) is 7.70. The molecule has 1 unspecified atom stereocenters. The van der Waals surface area contributed by atoms with Crippen molar-refractivity contribution < 1.29 is 18.5 Å². The molecule has 0 aliphatic heterocycles. The summed E-state index contributed by atoms with van der Waals surface area (Å²) in [5, 5.41) is 0. The Morgan fingerprint density at radius 1 is 1.12 bits per heavy atom. The number of nitrogens with zero attached hydrogens (tertiary/aromatic N) is 1. The highest BCUT2D eigenvalue weighted by atomic mass is 32.2. The van der Waals surface area contributed by atoms with Gasteiger partial charge in [-0.15, -0.1) is 0 Å². The molecule has 26 heavy (non-hydrogen) atoms. The lowest BCUT2D eigenvalue weighted by atomic mass is 10.1. The van der Waals surface area contributed by atoms with E-state index in [4.69, 9.17) is 9.47 Å². The van der Waals surface area contributed by atoms with E-state index in [1.807, 2.05) is 23.1 Å². The van der Waals surface area contributed by atoms with Crippen LogP contribution in [-0.2, 0) is 17.3 Å². The second-order valence-electron chi connectivity index (χ2n) is 6.32. The molecular weight excluding hydrogens is 350 g/mol. The van der Waals surface area contributed by atoms with Crippen molar-refractivity contribution in [1.82, 2.24) is 4.90 Å². The molecule has 1 fully saturated rings. The number of ether oxygens (including phenoxy) is 2. The topological polar surface area (TPSA) is 55.8 Å². The van der Waals surface area contributed by atoms with Crippen LogP contribution >= 0.6 is 0 Å². The number of carbonyl (C=O) groups is 1. The molecule has 0 spiro atoms. The van der Waals surface area contributed by atoms with Crippen molar-refractivity contribution in [2.24, 2.45) is 0 Å². The number of carbonyl (C=O) groups excluding carboxylic acids is 1. The lowest BCUT2D eigenvalue weighted by molar-refractivity contribution is 0.0728. The Morgan fingerprint density at radius 2 is 1.81 bits per heavy atom. The minimum absolute atomic E-state index is 0.0224. The average Bonchev–Trinajstić information content (AvgIpc) is 3.50. The predicted molar refractivity (Wildman–Crippen MR) is 101 cm³/mol. The van der Waals surface area contributed by atoms with Crippen LogP contribution < -0.4 is 9.47 Å². The summed E-state index contributed by atoms with van der Waals surface area (Å²) in [7, 11) is 2.19. The average molecular weight is 373 g/mol. The van der Waals surface area contributed by atoms with Crippen molar-refractivity contribution in [3.05, 3.63) is 53.6 Å². The first-order valence-corrected chi connectivity index (χ1v) is 10.0. The molecule has 3 rings (SSSR count). The third-order valence-electron chi connectivity index (χ3n) is 4.51. The zero-order valence-corrected chi connectivity index (χ0v) is 16.0. The maximum Gasteiger partial charge on any atom is 0.254 e. The summed E-state index contributed by atoms with van der Waals surface area (Å²) >= 11 is 0. The highest BCUT2D eigenvalue weighted by Crippen LogP contribution is 2.33. The van der Waals surface area contributed by atoms with Crippen LogP contribution in [0.5, 0.6) is 11.5 Å². The van der Waals surface area contributed by atoms with E-state index >= 15 is 0 Å². The molecule has 0 bridgehead atoms. The standard InChI is InChI=1S/C20H23NO4S/c1-24-17-8-11-19(25-2)15(12-17)13-21(16-6-7-16)20(22)14-4-9-18(10-5-14)26(3)23/h4-5,8-12,16H,6-7,13H2,1-3H3. The molecule has 0 radical (unpaired) electrons. The molecule has 2 aromatic carbocycles. The number of amides is 1. The quantitative estimate of drug-likeness (QED) is 0.748. The van der Waals surface area contributed by atoms with Gasteiger partial charge in [0.05, 0.1) is 20.8 Å². The van der Waals surface area contributed by atoms with Crippen molar-refractivity contribution in [3.63, 3.8) is 0 Å². The first kappa shape index (κ1) is 18.5. The highest BCUT2D eigenvalue weighted by Gasteiger charge is 2.33. The largest absolute Gasteiger partial charge is 0.497 e. The van der Waals surface area contributed by atoms with E-state index in [0.29, 0.717) is 17.0 Å². The van der Waals surface area contributed by atoms with Crippen LogP contribution in [0.3, 0.4) is 0 Å². The molecule has 6 heteroatoms. The molecule has 1 saturated carbocycles. The van der Waals surface area contributed by atoms with Gasteiger partial charge in [-0.05, 0) is 55.3 Å². The lowest BCUT2D eigenvalue weighted by Crippen LogP contribution is -2.32. The van der Waals surface area contributed by atoms with Crippen molar-refractivity contribution >= 4 is 16.7 Å². The van der Waals surface area contributed by atoms with Gasteiger partial charge in [-0.1, -0.05) is 0 Å². The van der Waals surface area contributed by atoms with Crippen LogP contribution in [0.25, 0.3) is 0 Å². The van der Waals surface area contributed by atoms with Gasteiger partial charge < -0.3 is 14.4 Å². The van der Waals surface area contributed by atoms with E-state index in [-0.39, 0.29) is 11.9 Å². The summed E-state index contributed by atoms with van der Waals surface area (Å²) in [6.45, 7) is 0.464. The van der Waals surface area contributed by atoms with Gasteiger partial charge in [0, 0.05) is 39.1 Å².